The molecule has 0 saturated heterocycles. The molecule has 1 aromatic carbocycles. The number of furan rings is 1. The van der Waals surface area contributed by atoms with Crippen molar-refractivity contribution in [1.29, 1.82) is 0 Å². The number of hydrogen-bond acceptors (Lipinski definition) is 6. The van der Waals surface area contributed by atoms with E-state index in [0.717, 1.165) is 22.3 Å². The number of rotatable bonds is 5. The fraction of sp³-hybridized carbons (Fsp3) is 0.333. The van der Waals surface area contributed by atoms with Gasteiger partial charge in [-0.2, -0.15) is 0 Å². The first-order valence-corrected chi connectivity index (χ1v) is 7.76. The van der Waals surface area contributed by atoms with E-state index in [2.05, 4.69) is 5.16 Å². The van der Waals surface area contributed by atoms with Crippen LogP contribution in [0.5, 0.6) is 5.75 Å². The molecule has 0 N–H and O–H groups in total. The number of carbonyl (C=O) groups is 1. The van der Waals surface area contributed by atoms with Crippen LogP contribution in [0.15, 0.2) is 27.1 Å². The number of esters is 1. The van der Waals surface area contributed by atoms with E-state index in [0.29, 0.717) is 23.6 Å². The van der Waals surface area contributed by atoms with E-state index in [4.69, 9.17) is 18.4 Å². The molecule has 0 fully saturated rings. The van der Waals surface area contributed by atoms with E-state index in [-0.39, 0.29) is 12.4 Å². The number of aromatic nitrogens is 1. The Kier molecular flexibility index (Phi) is 4.29. The summed E-state index contributed by atoms with van der Waals surface area (Å²) in [5, 5.41) is 4.68. The number of ether oxygens (including phenoxy) is 2. The van der Waals surface area contributed by atoms with Crippen molar-refractivity contribution in [3.05, 3.63) is 46.5 Å². The molecular formula is C18H19NO5. The second-order valence-electron chi connectivity index (χ2n) is 5.53. The van der Waals surface area contributed by atoms with Gasteiger partial charge in [0.05, 0.1) is 17.9 Å². The maximum absolute atomic E-state index is 12.4. The highest BCUT2D eigenvalue weighted by Crippen LogP contribution is 2.29. The van der Waals surface area contributed by atoms with Gasteiger partial charge in [-0.1, -0.05) is 5.16 Å². The van der Waals surface area contributed by atoms with Crippen LogP contribution in [-0.4, -0.2) is 17.7 Å². The summed E-state index contributed by atoms with van der Waals surface area (Å²) in [6, 6.07) is 5.47. The molecule has 6 nitrogen and oxygen atoms in total. The van der Waals surface area contributed by atoms with Gasteiger partial charge in [0, 0.05) is 10.9 Å². The van der Waals surface area contributed by atoms with Gasteiger partial charge in [-0.05, 0) is 45.9 Å². The predicted octanol–water partition coefficient (Wildman–Crippen LogP) is 4.10. The van der Waals surface area contributed by atoms with Gasteiger partial charge in [0.25, 0.3) is 0 Å². The molecule has 0 aliphatic heterocycles. The first kappa shape index (κ1) is 16.1. The molecule has 0 atom stereocenters. The zero-order valence-electron chi connectivity index (χ0n) is 14.1. The summed E-state index contributed by atoms with van der Waals surface area (Å²) in [7, 11) is 0. The molecule has 3 aromatic rings. The van der Waals surface area contributed by atoms with Crippen LogP contribution < -0.4 is 4.74 Å². The molecule has 6 heteroatoms. The van der Waals surface area contributed by atoms with Crippen molar-refractivity contribution in [2.75, 3.05) is 6.61 Å². The summed E-state index contributed by atoms with van der Waals surface area (Å²) in [5.41, 5.74) is 2.84. The summed E-state index contributed by atoms with van der Waals surface area (Å²) < 4.78 is 21.6. The lowest BCUT2D eigenvalue weighted by Crippen LogP contribution is -2.06. The van der Waals surface area contributed by atoms with Gasteiger partial charge >= 0.3 is 5.97 Å². The highest BCUT2D eigenvalue weighted by Gasteiger charge is 2.21. The Labute approximate surface area is 139 Å². The smallest absolute Gasteiger partial charge is 0.374 e. The topological polar surface area (TPSA) is 74.7 Å². The first-order chi connectivity index (χ1) is 11.5. The van der Waals surface area contributed by atoms with Crippen molar-refractivity contribution >= 4 is 16.9 Å². The van der Waals surface area contributed by atoms with Crippen molar-refractivity contribution in [2.24, 2.45) is 0 Å². The summed E-state index contributed by atoms with van der Waals surface area (Å²) in [5.74, 6) is 1.07. The molecule has 24 heavy (non-hydrogen) atoms. The van der Waals surface area contributed by atoms with Crippen LogP contribution in [0, 0.1) is 20.8 Å². The fourth-order valence-electron chi connectivity index (χ4n) is 2.56. The van der Waals surface area contributed by atoms with Crippen LogP contribution in [0.1, 0.15) is 40.1 Å². The minimum absolute atomic E-state index is 0.0979. The van der Waals surface area contributed by atoms with Crippen molar-refractivity contribution in [1.82, 2.24) is 5.16 Å². The van der Waals surface area contributed by atoms with Gasteiger partial charge in [0.2, 0.25) is 5.76 Å². The van der Waals surface area contributed by atoms with Crippen LogP contribution in [0.3, 0.4) is 0 Å². The van der Waals surface area contributed by atoms with E-state index in [9.17, 15) is 4.79 Å². The molecule has 0 saturated carbocycles. The van der Waals surface area contributed by atoms with E-state index >= 15 is 0 Å². The number of fused-ring (bicyclic) bond motifs is 1. The van der Waals surface area contributed by atoms with Gasteiger partial charge in [0.1, 0.15) is 23.7 Å². The van der Waals surface area contributed by atoms with Crippen molar-refractivity contribution in [2.45, 2.75) is 34.3 Å². The van der Waals surface area contributed by atoms with E-state index in [1.165, 1.54) is 0 Å². The minimum atomic E-state index is -0.512. The lowest BCUT2D eigenvalue weighted by atomic mass is 10.1. The Morgan fingerprint density at radius 3 is 2.71 bits per heavy atom. The van der Waals surface area contributed by atoms with Crippen molar-refractivity contribution in [3.8, 4) is 5.75 Å². The Morgan fingerprint density at radius 1 is 1.25 bits per heavy atom. The summed E-state index contributed by atoms with van der Waals surface area (Å²) >= 11 is 0. The molecule has 2 aromatic heterocycles. The number of nitrogens with zero attached hydrogens (tertiary/aromatic N) is 1. The molecule has 0 spiro atoms. The van der Waals surface area contributed by atoms with Crippen molar-refractivity contribution in [3.63, 3.8) is 0 Å². The molecule has 0 aliphatic rings. The Morgan fingerprint density at radius 2 is 2.04 bits per heavy atom. The summed E-state index contributed by atoms with van der Waals surface area (Å²) in [4.78, 5) is 12.4. The summed E-state index contributed by atoms with van der Waals surface area (Å²) in [6.45, 7) is 8.01. The van der Waals surface area contributed by atoms with Gasteiger partial charge < -0.3 is 18.4 Å². The Bertz CT molecular complexity index is 871. The highest BCUT2D eigenvalue weighted by molar-refractivity contribution is 5.96. The van der Waals surface area contributed by atoms with Crippen molar-refractivity contribution < 1.29 is 23.2 Å². The number of aryl methyl sites for hydroxylation is 3. The molecule has 0 radical (unpaired) electrons. The molecule has 0 unspecified atom stereocenters. The third kappa shape index (κ3) is 2.87. The average molecular weight is 329 g/mol. The van der Waals surface area contributed by atoms with Gasteiger partial charge in [-0.15, -0.1) is 0 Å². The van der Waals surface area contributed by atoms with Gasteiger partial charge in [0.15, 0.2) is 0 Å². The van der Waals surface area contributed by atoms with E-state index in [1.807, 2.05) is 26.0 Å². The second-order valence-corrected chi connectivity index (χ2v) is 5.53. The third-order valence-electron chi connectivity index (χ3n) is 3.93. The normalized spacial score (nSPS) is 11.0. The van der Waals surface area contributed by atoms with Crippen LogP contribution in [0.25, 0.3) is 11.0 Å². The SMILES string of the molecule is CCOc1ccc2oc(C(=O)OCc3c(C)noc3C)c(C)c2c1. The van der Waals surface area contributed by atoms with Crippen LogP contribution >= 0.6 is 0 Å². The molecule has 126 valence electrons. The number of benzene rings is 1. The quantitative estimate of drug-likeness (QED) is 0.656. The number of carbonyl (C=O) groups excluding carboxylic acids is 1. The monoisotopic (exact) mass is 329 g/mol. The van der Waals surface area contributed by atoms with Crippen LogP contribution in [0.4, 0.5) is 0 Å². The molecule has 0 aliphatic carbocycles. The lowest BCUT2D eigenvalue weighted by molar-refractivity contribution is 0.0435. The largest absolute Gasteiger partial charge is 0.494 e. The van der Waals surface area contributed by atoms with Crippen LogP contribution in [0.2, 0.25) is 0 Å². The van der Waals surface area contributed by atoms with Crippen LogP contribution in [-0.2, 0) is 11.3 Å². The number of hydrogen-bond donors (Lipinski definition) is 0. The Balaban J connectivity index is 1.83. The lowest BCUT2D eigenvalue weighted by Gasteiger charge is -2.03. The average Bonchev–Trinajstić information content (AvgIpc) is 3.06. The second kappa shape index (κ2) is 6.39. The third-order valence-corrected chi connectivity index (χ3v) is 3.93. The standard InChI is InChI=1S/C18H19NO5/c1-5-21-13-6-7-16-14(8-13)10(2)17(23-16)18(20)22-9-15-11(3)19-24-12(15)4/h6-8H,5,9H2,1-4H3. The first-order valence-electron chi connectivity index (χ1n) is 7.76. The fourth-order valence-corrected chi connectivity index (χ4v) is 2.56. The minimum Gasteiger partial charge on any atom is -0.494 e. The molecule has 0 amide bonds. The predicted molar refractivity (Wildman–Crippen MR) is 87.2 cm³/mol. The van der Waals surface area contributed by atoms with E-state index in [1.54, 1.807) is 19.9 Å². The maximum atomic E-state index is 12.4. The maximum Gasteiger partial charge on any atom is 0.374 e. The molecule has 0 bridgehead atoms. The molecule has 3 rings (SSSR count). The molecule has 2 heterocycles. The van der Waals surface area contributed by atoms with Gasteiger partial charge in [-0.25, -0.2) is 4.79 Å². The zero-order chi connectivity index (χ0) is 17.3. The van der Waals surface area contributed by atoms with E-state index < -0.39 is 5.97 Å². The zero-order valence-corrected chi connectivity index (χ0v) is 14.1. The Hall–Kier alpha value is -2.76. The summed E-state index contributed by atoms with van der Waals surface area (Å²) in [6.07, 6.45) is 0. The highest BCUT2D eigenvalue weighted by atomic mass is 16.5. The molecular weight excluding hydrogens is 310 g/mol. The van der Waals surface area contributed by atoms with Gasteiger partial charge in [-0.3, -0.25) is 0 Å².